The van der Waals surface area contributed by atoms with Gasteiger partial charge in [-0.05, 0) is 61.8 Å². The van der Waals surface area contributed by atoms with Crippen molar-refractivity contribution in [3.8, 4) is 0 Å². The molecule has 0 bridgehead atoms. The summed E-state index contributed by atoms with van der Waals surface area (Å²) in [6, 6.07) is 5.85. The number of sulfonamides is 1. The predicted molar refractivity (Wildman–Crippen MR) is 95.4 cm³/mol. The maximum Gasteiger partial charge on any atom is 0.230 e. The summed E-state index contributed by atoms with van der Waals surface area (Å²) in [6.07, 6.45) is 4.89. The van der Waals surface area contributed by atoms with Crippen molar-refractivity contribution in [3.63, 3.8) is 0 Å². The van der Waals surface area contributed by atoms with Crippen molar-refractivity contribution in [2.45, 2.75) is 45.6 Å². The van der Waals surface area contributed by atoms with E-state index in [1.54, 1.807) is 0 Å². The molecule has 0 aliphatic heterocycles. The first-order chi connectivity index (χ1) is 11.3. The van der Waals surface area contributed by atoms with E-state index in [4.69, 9.17) is 0 Å². The summed E-state index contributed by atoms with van der Waals surface area (Å²) in [6.45, 7) is 4.72. The molecule has 2 aliphatic rings. The Morgan fingerprint density at radius 3 is 2.67 bits per heavy atom. The fourth-order valence-electron chi connectivity index (χ4n) is 3.67. The Morgan fingerprint density at radius 1 is 1.38 bits per heavy atom. The van der Waals surface area contributed by atoms with E-state index in [2.05, 4.69) is 11.6 Å². The summed E-state index contributed by atoms with van der Waals surface area (Å²) >= 11 is 0. The molecule has 132 valence electrons. The van der Waals surface area contributed by atoms with Crippen molar-refractivity contribution in [3.05, 3.63) is 29.3 Å². The van der Waals surface area contributed by atoms with Crippen molar-refractivity contribution in [2.75, 3.05) is 17.7 Å². The number of hydrogen-bond acceptors (Lipinski definition) is 3. The van der Waals surface area contributed by atoms with Gasteiger partial charge in [-0.1, -0.05) is 13.0 Å². The molecular formula is C18H26N2O3S. The second kappa shape index (κ2) is 6.48. The molecule has 0 unspecified atom stereocenters. The van der Waals surface area contributed by atoms with Crippen LogP contribution in [-0.4, -0.2) is 27.1 Å². The summed E-state index contributed by atoms with van der Waals surface area (Å²) in [4.78, 5) is 14.5. The third kappa shape index (κ3) is 3.64. The monoisotopic (exact) mass is 350 g/mol. The molecule has 1 aromatic rings. The number of nitrogens with zero attached hydrogens (tertiary/aromatic N) is 1. The van der Waals surface area contributed by atoms with Crippen molar-refractivity contribution in [2.24, 2.45) is 11.8 Å². The second-order valence-electron chi connectivity index (χ2n) is 7.12. The Kier molecular flexibility index (Phi) is 4.71. The molecule has 1 amide bonds. The fourth-order valence-corrected chi connectivity index (χ4v) is 4.43. The smallest absolute Gasteiger partial charge is 0.230 e. The van der Waals surface area contributed by atoms with Gasteiger partial charge in [-0.3, -0.25) is 4.79 Å². The van der Waals surface area contributed by atoms with E-state index in [9.17, 15) is 13.2 Å². The van der Waals surface area contributed by atoms with Crippen LogP contribution in [0, 0.1) is 11.8 Å². The van der Waals surface area contributed by atoms with Gasteiger partial charge in [0, 0.05) is 24.2 Å². The van der Waals surface area contributed by atoms with E-state index >= 15 is 0 Å². The van der Waals surface area contributed by atoms with Crippen LogP contribution in [-0.2, 0) is 21.2 Å². The first kappa shape index (κ1) is 17.4. The number of benzene rings is 1. The highest BCUT2D eigenvalue weighted by Gasteiger charge is 2.41. The van der Waals surface area contributed by atoms with Crippen LogP contribution in [0.2, 0.25) is 0 Å². The molecule has 3 atom stereocenters. The van der Waals surface area contributed by atoms with E-state index in [0.29, 0.717) is 12.5 Å². The van der Waals surface area contributed by atoms with E-state index < -0.39 is 10.0 Å². The average Bonchev–Trinajstić information content (AvgIpc) is 3.24. The third-order valence-electron chi connectivity index (χ3n) is 5.12. The van der Waals surface area contributed by atoms with Crippen LogP contribution in [0.15, 0.2) is 18.2 Å². The lowest BCUT2D eigenvalue weighted by Gasteiger charge is -2.29. The molecule has 1 fully saturated rings. The van der Waals surface area contributed by atoms with E-state index in [-0.39, 0.29) is 17.9 Å². The predicted octanol–water partition coefficient (Wildman–Crippen LogP) is 2.62. The number of anilines is 1. The number of rotatable bonds is 5. The van der Waals surface area contributed by atoms with Crippen molar-refractivity contribution >= 4 is 21.6 Å². The van der Waals surface area contributed by atoms with Gasteiger partial charge in [0.25, 0.3) is 0 Å². The lowest BCUT2D eigenvalue weighted by molar-refractivity contribution is -0.120. The summed E-state index contributed by atoms with van der Waals surface area (Å²) in [5, 5.41) is 0. The van der Waals surface area contributed by atoms with Crippen LogP contribution in [0.3, 0.4) is 0 Å². The Bertz CT molecular complexity index is 745. The molecule has 0 radical (unpaired) electrons. The molecular weight excluding hydrogens is 324 g/mol. The van der Waals surface area contributed by atoms with Gasteiger partial charge in [0.05, 0.1) is 6.26 Å². The Labute approximate surface area is 144 Å². The summed E-state index contributed by atoms with van der Waals surface area (Å²) in [5.41, 5.74) is 3.07. The van der Waals surface area contributed by atoms with Gasteiger partial charge in [-0.2, -0.15) is 0 Å². The molecule has 1 saturated carbocycles. The maximum atomic E-state index is 12.6. The number of aryl methyl sites for hydroxylation is 1. The summed E-state index contributed by atoms with van der Waals surface area (Å²) < 4.78 is 26.0. The Hall–Kier alpha value is -1.40. The zero-order chi connectivity index (χ0) is 17.5. The van der Waals surface area contributed by atoms with Crippen molar-refractivity contribution in [1.82, 2.24) is 4.72 Å². The first-order valence-electron chi connectivity index (χ1n) is 8.71. The van der Waals surface area contributed by atoms with E-state index in [0.717, 1.165) is 36.9 Å². The highest BCUT2D eigenvalue weighted by molar-refractivity contribution is 7.88. The molecule has 24 heavy (non-hydrogen) atoms. The quantitative estimate of drug-likeness (QED) is 0.888. The average molecular weight is 350 g/mol. The minimum Gasteiger partial charge on any atom is -0.312 e. The van der Waals surface area contributed by atoms with Crippen LogP contribution in [0.4, 0.5) is 5.69 Å². The van der Waals surface area contributed by atoms with Crippen LogP contribution >= 0.6 is 0 Å². The number of amides is 1. The lowest BCUT2D eigenvalue weighted by atomic mass is 9.87. The first-order valence-corrected chi connectivity index (χ1v) is 10.6. The number of carbonyl (C=O) groups excluding carboxylic acids is 1. The van der Waals surface area contributed by atoms with Crippen LogP contribution in [0.25, 0.3) is 0 Å². The summed E-state index contributed by atoms with van der Waals surface area (Å²) in [5.74, 6) is 0.808. The molecule has 1 aromatic carbocycles. The zero-order valence-corrected chi connectivity index (χ0v) is 15.4. The largest absolute Gasteiger partial charge is 0.312 e. The standard InChI is InChI=1S/C18H26N2O3S/c1-4-20(18(21)15-10-12(15)2)14-9-8-13-6-5-7-17(16(13)11-14)19-24(3,22)23/h8-9,11-12,15,17,19H,4-7,10H2,1-3H3/t12-,15+,17-/m0/s1. The van der Waals surface area contributed by atoms with Gasteiger partial charge < -0.3 is 4.90 Å². The van der Waals surface area contributed by atoms with Gasteiger partial charge in [-0.25, -0.2) is 13.1 Å². The fraction of sp³-hybridized carbons (Fsp3) is 0.611. The van der Waals surface area contributed by atoms with Gasteiger partial charge in [0.1, 0.15) is 0 Å². The number of carbonyl (C=O) groups is 1. The SMILES string of the molecule is CCN(C(=O)[C@@H]1C[C@@H]1C)c1ccc2c(c1)[C@@H](NS(C)(=O)=O)CCC2. The minimum absolute atomic E-state index is 0.144. The molecule has 5 nitrogen and oxygen atoms in total. The number of nitrogens with one attached hydrogen (secondary N) is 1. The number of fused-ring (bicyclic) bond motifs is 1. The van der Waals surface area contributed by atoms with Gasteiger partial charge in [0.15, 0.2) is 0 Å². The van der Waals surface area contributed by atoms with Gasteiger partial charge in [0.2, 0.25) is 15.9 Å². The highest BCUT2D eigenvalue weighted by atomic mass is 32.2. The van der Waals surface area contributed by atoms with Crippen molar-refractivity contribution < 1.29 is 13.2 Å². The van der Waals surface area contributed by atoms with Crippen LogP contribution in [0.1, 0.15) is 50.3 Å². The Morgan fingerprint density at radius 2 is 2.08 bits per heavy atom. The molecule has 0 saturated heterocycles. The third-order valence-corrected chi connectivity index (χ3v) is 5.83. The molecule has 0 spiro atoms. The molecule has 3 rings (SSSR count). The van der Waals surface area contributed by atoms with Crippen LogP contribution in [0.5, 0.6) is 0 Å². The van der Waals surface area contributed by atoms with Crippen molar-refractivity contribution in [1.29, 1.82) is 0 Å². The molecule has 2 aliphatic carbocycles. The van der Waals surface area contributed by atoms with E-state index in [1.807, 2.05) is 30.0 Å². The molecule has 0 heterocycles. The second-order valence-corrected chi connectivity index (χ2v) is 8.90. The molecule has 6 heteroatoms. The van der Waals surface area contributed by atoms with E-state index in [1.165, 1.54) is 11.8 Å². The van der Waals surface area contributed by atoms with Gasteiger partial charge in [-0.15, -0.1) is 0 Å². The molecule has 0 aromatic heterocycles. The topological polar surface area (TPSA) is 66.5 Å². The number of hydrogen-bond donors (Lipinski definition) is 1. The maximum absolute atomic E-state index is 12.6. The Balaban J connectivity index is 1.90. The highest BCUT2D eigenvalue weighted by Crippen LogP contribution is 2.40. The van der Waals surface area contributed by atoms with Gasteiger partial charge >= 0.3 is 0 Å². The normalized spacial score (nSPS) is 25.9. The minimum atomic E-state index is -3.26. The molecule has 1 N–H and O–H groups in total. The summed E-state index contributed by atoms with van der Waals surface area (Å²) in [7, 11) is -3.26. The zero-order valence-electron chi connectivity index (χ0n) is 14.6. The van der Waals surface area contributed by atoms with Crippen LogP contribution < -0.4 is 9.62 Å². The lowest BCUT2D eigenvalue weighted by Crippen LogP contribution is -2.33.